The zero-order valence-electron chi connectivity index (χ0n) is 7.81. The van der Waals surface area contributed by atoms with E-state index in [1.165, 1.54) is 0 Å². The van der Waals surface area contributed by atoms with Crippen LogP contribution in [0.3, 0.4) is 0 Å². The predicted octanol–water partition coefficient (Wildman–Crippen LogP) is -0.183. The van der Waals surface area contributed by atoms with Crippen molar-refractivity contribution in [3.63, 3.8) is 0 Å². The van der Waals surface area contributed by atoms with Gasteiger partial charge in [0.2, 0.25) is 3.23 Å². The van der Waals surface area contributed by atoms with Crippen LogP contribution >= 0.6 is 31.9 Å². The highest BCUT2D eigenvalue weighted by atomic mass is 79.9. The van der Waals surface area contributed by atoms with E-state index >= 15 is 0 Å². The van der Waals surface area contributed by atoms with Crippen molar-refractivity contribution in [1.29, 1.82) is 0 Å². The molecule has 1 aliphatic heterocycles. The molecule has 0 spiro atoms. The first kappa shape index (κ1) is 13.4. The lowest BCUT2D eigenvalue weighted by Gasteiger charge is -2.38. The van der Waals surface area contributed by atoms with Crippen LogP contribution in [0.2, 0.25) is 0 Å². The summed E-state index contributed by atoms with van der Waals surface area (Å²) < 4.78 is -1.52. The summed E-state index contributed by atoms with van der Waals surface area (Å²) in [5.74, 6) is -1.84. The first-order chi connectivity index (χ1) is 7.26. The molecular weight excluding hydrogens is 352 g/mol. The summed E-state index contributed by atoms with van der Waals surface area (Å²) in [4.78, 5) is 33.8. The minimum Gasteiger partial charge on any atom is -0.481 e. The van der Waals surface area contributed by atoms with Crippen molar-refractivity contribution in [2.24, 2.45) is 0 Å². The zero-order valence-corrected chi connectivity index (χ0v) is 11.0. The van der Waals surface area contributed by atoms with Gasteiger partial charge in [0.05, 0.1) is 6.42 Å². The second-order valence-electron chi connectivity index (χ2n) is 3.09. The number of aliphatic hydroxyl groups excluding tert-OH is 1. The Morgan fingerprint density at radius 3 is 2.56 bits per heavy atom. The summed E-state index contributed by atoms with van der Waals surface area (Å²) in [6.07, 6.45) is -1.80. The van der Waals surface area contributed by atoms with Crippen LogP contribution in [-0.4, -0.2) is 49.0 Å². The number of carbonyl (C=O) groups excluding carboxylic acids is 2. The Morgan fingerprint density at radius 1 is 1.50 bits per heavy atom. The Hall–Kier alpha value is -0.670. The lowest BCUT2D eigenvalue weighted by Crippen LogP contribution is -2.65. The standard InChI is InChI=1S/C7H8Br2N2O5/c8-7(9)4(14)10-6(16)11(5(7)15)2-1-3(12)13/h5,15H,1-2H2,(H,12,13)(H,10,14,16)/t5-/m1/s1. The molecule has 0 aromatic carbocycles. The van der Waals surface area contributed by atoms with Crippen molar-refractivity contribution in [3.8, 4) is 0 Å². The lowest BCUT2D eigenvalue weighted by molar-refractivity contribution is -0.137. The molecule has 0 aromatic rings. The number of halogens is 2. The van der Waals surface area contributed by atoms with E-state index in [4.69, 9.17) is 5.11 Å². The first-order valence-corrected chi connectivity index (χ1v) is 5.75. The number of carbonyl (C=O) groups is 3. The Labute approximate surface area is 107 Å². The molecule has 0 aliphatic carbocycles. The third-order valence-corrected chi connectivity index (χ3v) is 3.51. The maximum absolute atomic E-state index is 11.3. The maximum Gasteiger partial charge on any atom is 0.326 e. The van der Waals surface area contributed by atoms with Gasteiger partial charge in [-0.3, -0.25) is 19.8 Å². The smallest absolute Gasteiger partial charge is 0.326 e. The number of urea groups is 1. The van der Waals surface area contributed by atoms with Crippen LogP contribution < -0.4 is 5.32 Å². The van der Waals surface area contributed by atoms with E-state index in [0.717, 1.165) is 4.90 Å². The van der Waals surface area contributed by atoms with Gasteiger partial charge in [-0.15, -0.1) is 0 Å². The van der Waals surface area contributed by atoms with E-state index in [0.29, 0.717) is 0 Å². The van der Waals surface area contributed by atoms with Crippen LogP contribution in [0, 0.1) is 0 Å². The van der Waals surface area contributed by atoms with E-state index in [1.54, 1.807) is 0 Å². The van der Waals surface area contributed by atoms with Gasteiger partial charge in [0, 0.05) is 6.54 Å². The molecule has 0 aromatic heterocycles. The average Bonchev–Trinajstić information content (AvgIpc) is 2.15. The van der Waals surface area contributed by atoms with Gasteiger partial charge >= 0.3 is 12.0 Å². The molecule has 1 fully saturated rings. The quantitative estimate of drug-likeness (QED) is 0.606. The minimum atomic E-state index is -1.52. The molecular formula is C7H8Br2N2O5. The molecule has 3 N–H and O–H groups in total. The highest BCUT2D eigenvalue weighted by molar-refractivity contribution is 9.26. The monoisotopic (exact) mass is 358 g/mol. The summed E-state index contributed by atoms with van der Waals surface area (Å²) in [5, 5.41) is 20.2. The minimum absolute atomic E-state index is 0.200. The molecule has 0 bridgehead atoms. The Balaban J connectivity index is 2.80. The van der Waals surface area contributed by atoms with E-state index in [2.05, 4.69) is 31.9 Å². The van der Waals surface area contributed by atoms with Crippen molar-refractivity contribution in [3.05, 3.63) is 0 Å². The largest absolute Gasteiger partial charge is 0.481 e. The number of hydrogen-bond acceptors (Lipinski definition) is 4. The fourth-order valence-corrected chi connectivity index (χ4v) is 1.81. The number of aliphatic carboxylic acids is 1. The molecule has 3 amide bonds. The zero-order chi connectivity index (χ0) is 12.5. The third-order valence-electron chi connectivity index (χ3n) is 1.97. The van der Waals surface area contributed by atoms with Crippen LogP contribution in [0.15, 0.2) is 0 Å². The highest BCUT2D eigenvalue weighted by Crippen LogP contribution is 2.35. The molecule has 0 saturated carbocycles. The molecule has 0 radical (unpaired) electrons. The topological polar surface area (TPSA) is 107 Å². The molecule has 0 unspecified atom stereocenters. The number of imide groups is 1. The van der Waals surface area contributed by atoms with Crippen LogP contribution in [0.5, 0.6) is 0 Å². The van der Waals surface area contributed by atoms with Gasteiger partial charge in [-0.25, -0.2) is 4.79 Å². The van der Waals surface area contributed by atoms with Gasteiger partial charge in [0.1, 0.15) is 0 Å². The lowest BCUT2D eigenvalue weighted by atomic mass is 10.2. The Bertz CT molecular complexity index is 346. The van der Waals surface area contributed by atoms with Gasteiger partial charge in [-0.05, 0) is 0 Å². The fourth-order valence-electron chi connectivity index (χ4n) is 1.12. The Kier molecular flexibility index (Phi) is 3.92. The van der Waals surface area contributed by atoms with Crippen molar-refractivity contribution in [2.75, 3.05) is 6.54 Å². The van der Waals surface area contributed by atoms with Gasteiger partial charge in [-0.1, -0.05) is 31.9 Å². The molecule has 1 atom stereocenters. The van der Waals surface area contributed by atoms with Crippen LogP contribution in [0.25, 0.3) is 0 Å². The number of carboxylic acid groups (broad SMARTS) is 1. The summed E-state index contributed by atoms with van der Waals surface area (Å²) in [5.41, 5.74) is 0. The number of nitrogens with zero attached hydrogens (tertiary/aromatic N) is 1. The van der Waals surface area contributed by atoms with Gasteiger partial charge < -0.3 is 10.2 Å². The van der Waals surface area contributed by atoms with E-state index in [-0.39, 0.29) is 13.0 Å². The summed E-state index contributed by atoms with van der Waals surface area (Å²) in [6.45, 7) is -0.200. The van der Waals surface area contributed by atoms with Crippen molar-refractivity contribution < 1.29 is 24.6 Å². The fraction of sp³-hybridized carbons (Fsp3) is 0.571. The van der Waals surface area contributed by atoms with Crippen LogP contribution in [0.4, 0.5) is 4.79 Å². The summed E-state index contributed by atoms with van der Waals surface area (Å²) in [7, 11) is 0. The number of aliphatic hydroxyl groups is 1. The molecule has 1 heterocycles. The first-order valence-electron chi connectivity index (χ1n) is 4.16. The second-order valence-corrected chi connectivity index (χ2v) is 6.66. The number of hydrogen-bond donors (Lipinski definition) is 3. The van der Waals surface area contributed by atoms with Gasteiger partial charge in [-0.2, -0.15) is 0 Å². The summed E-state index contributed by atoms with van der Waals surface area (Å²) in [6, 6.07) is -0.826. The molecule has 1 rings (SSSR count). The number of alkyl halides is 2. The number of rotatable bonds is 3. The van der Waals surface area contributed by atoms with E-state index in [9.17, 15) is 19.5 Å². The molecule has 7 nitrogen and oxygen atoms in total. The van der Waals surface area contributed by atoms with Crippen LogP contribution in [0.1, 0.15) is 6.42 Å². The predicted molar refractivity (Wildman–Crippen MR) is 59.1 cm³/mol. The number of amides is 3. The highest BCUT2D eigenvalue weighted by Gasteiger charge is 2.50. The van der Waals surface area contributed by atoms with Crippen molar-refractivity contribution >= 4 is 49.8 Å². The van der Waals surface area contributed by atoms with E-state index < -0.39 is 27.4 Å². The molecule has 90 valence electrons. The second kappa shape index (κ2) is 4.68. The van der Waals surface area contributed by atoms with E-state index in [1.807, 2.05) is 5.32 Å². The van der Waals surface area contributed by atoms with Crippen molar-refractivity contribution in [1.82, 2.24) is 10.2 Å². The van der Waals surface area contributed by atoms with Crippen molar-refractivity contribution in [2.45, 2.75) is 15.9 Å². The molecule has 1 saturated heterocycles. The number of nitrogens with one attached hydrogen (secondary N) is 1. The SMILES string of the molecule is O=C(O)CCN1C(=O)NC(=O)C(Br)(Br)[C@H]1O. The maximum atomic E-state index is 11.3. The molecule has 1 aliphatic rings. The molecule has 9 heteroatoms. The van der Waals surface area contributed by atoms with Crippen LogP contribution in [-0.2, 0) is 9.59 Å². The normalized spacial score (nSPS) is 24.2. The average molecular weight is 360 g/mol. The van der Waals surface area contributed by atoms with Gasteiger partial charge in [0.25, 0.3) is 5.91 Å². The summed E-state index contributed by atoms with van der Waals surface area (Å²) >= 11 is 5.82. The van der Waals surface area contributed by atoms with Gasteiger partial charge in [0.15, 0.2) is 6.23 Å². The third kappa shape index (κ3) is 2.53. The number of carboxylic acids is 1. The molecule has 16 heavy (non-hydrogen) atoms. The Morgan fingerprint density at radius 2 is 2.06 bits per heavy atom.